The molecule has 0 aliphatic carbocycles. The van der Waals surface area contributed by atoms with E-state index in [1.54, 1.807) is 23.1 Å². The molecule has 0 unspecified atom stereocenters. The number of hydrogen-bond donors (Lipinski definition) is 1. The van der Waals surface area contributed by atoms with Crippen LogP contribution in [0.15, 0.2) is 40.9 Å². The van der Waals surface area contributed by atoms with Gasteiger partial charge in [-0.05, 0) is 61.7 Å². The average molecular weight is 456 g/mol. The normalized spacial score (nSPS) is 16.6. The summed E-state index contributed by atoms with van der Waals surface area (Å²) >= 11 is 15.4. The zero-order valence-corrected chi connectivity index (χ0v) is 17.2. The van der Waals surface area contributed by atoms with E-state index >= 15 is 0 Å². The highest BCUT2D eigenvalue weighted by atomic mass is 79.9. The number of likely N-dealkylation sites (tertiary alicyclic amines) is 1. The van der Waals surface area contributed by atoms with Gasteiger partial charge in [0.15, 0.2) is 0 Å². The number of nitrogens with zero attached hydrogens (tertiary/aromatic N) is 1. The summed E-state index contributed by atoms with van der Waals surface area (Å²) in [6.45, 7) is 2.45. The molecule has 0 aromatic heterocycles. The van der Waals surface area contributed by atoms with Crippen LogP contribution in [0.25, 0.3) is 0 Å². The molecule has 136 valence electrons. The Morgan fingerprint density at radius 1 is 1.15 bits per heavy atom. The van der Waals surface area contributed by atoms with Crippen molar-refractivity contribution < 1.29 is 9.59 Å². The highest BCUT2D eigenvalue weighted by Gasteiger charge is 2.34. The quantitative estimate of drug-likeness (QED) is 0.681. The van der Waals surface area contributed by atoms with Crippen molar-refractivity contribution in [3.63, 3.8) is 0 Å². The second-order valence-electron chi connectivity index (χ2n) is 6.26. The van der Waals surface area contributed by atoms with E-state index in [0.717, 1.165) is 22.1 Å². The van der Waals surface area contributed by atoms with Crippen molar-refractivity contribution in [3.8, 4) is 0 Å². The van der Waals surface area contributed by atoms with Gasteiger partial charge in [0.25, 0.3) is 5.91 Å². The number of nitrogens with one attached hydrogen (secondary N) is 1. The summed E-state index contributed by atoms with van der Waals surface area (Å²) in [6, 6.07) is 9.85. The Morgan fingerprint density at radius 2 is 1.85 bits per heavy atom. The summed E-state index contributed by atoms with van der Waals surface area (Å²) in [5.74, 6) is -0.422. The zero-order valence-electron chi connectivity index (χ0n) is 14.1. The van der Waals surface area contributed by atoms with Crippen molar-refractivity contribution in [3.05, 3.63) is 62.0 Å². The van der Waals surface area contributed by atoms with E-state index in [1.807, 2.05) is 25.1 Å². The Labute approximate surface area is 170 Å². The maximum absolute atomic E-state index is 12.9. The van der Waals surface area contributed by atoms with Crippen molar-refractivity contribution in [1.82, 2.24) is 4.90 Å². The smallest absolute Gasteiger partial charge is 0.254 e. The van der Waals surface area contributed by atoms with Gasteiger partial charge in [0.05, 0.1) is 0 Å². The molecular formula is C19H17BrCl2N2O2. The van der Waals surface area contributed by atoms with Gasteiger partial charge in [0, 0.05) is 32.3 Å². The molecule has 0 spiro atoms. The lowest BCUT2D eigenvalue weighted by Gasteiger charge is -2.24. The predicted octanol–water partition coefficient (Wildman–Crippen LogP) is 5.31. The first kappa shape index (κ1) is 19.2. The number of anilines is 1. The molecule has 3 rings (SSSR count). The lowest BCUT2D eigenvalue weighted by atomic mass is 10.1. The molecule has 0 saturated carbocycles. The van der Waals surface area contributed by atoms with Crippen LogP contribution in [0.1, 0.15) is 28.8 Å². The van der Waals surface area contributed by atoms with Gasteiger partial charge in [-0.25, -0.2) is 0 Å². The number of hydrogen-bond acceptors (Lipinski definition) is 2. The number of aryl methyl sites for hydroxylation is 1. The topological polar surface area (TPSA) is 49.4 Å². The molecule has 1 saturated heterocycles. The van der Waals surface area contributed by atoms with Gasteiger partial charge in [-0.15, -0.1) is 0 Å². The van der Waals surface area contributed by atoms with Gasteiger partial charge in [-0.3, -0.25) is 9.59 Å². The number of carbonyl (C=O) groups excluding carboxylic acids is 2. The summed E-state index contributed by atoms with van der Waals surface area (Å²) in [5, 5.41) is 3.72. The van der Waals surface area contributed by atoms with Crippen LogP contribution in [0.5, 0.6) is 0 Å². The fourth-order valence-electron chi connectivity index (χ4n) is 3.11. The number of benzene rings is 2. The first-order chi connectivity index (χ1) is 12.3. The minimum absolute atomic E-state index is 0.186. The van der Waals surface area contributed by atoms with Crippen LogP contribution in [0.4, 0.5) is 5.69 Å². The number of rotatable bonds is 3. The number of amides is 2. The molecule has 2 aromatic carbocycles. The van der Waals surface area contributed by atoms with Gasteiger partial charge in [-0.1, -0.05) is 39.1 Å². The first-order valence-electron chi connectivity index (χ1n) is 8.19. The lowest BCUT2D eigenvalue weighted by molar-refractivity contribution is -0.119. The van der Waals surface area contributed by atoms with Gasteiger partial charge in [0.2, 0.25) is 5.91 Å². The second kappa shape index (κ2) is 7.99. The standard InChI is InChI=1S/C19H17BrCl2N2O2/c1-11-7-13(20)4-5-16(11)23-18(25)17-3-2-6-24(17)19(26)12-8-14(21)10-15(22)9-12/h4-5,7-10,17H,2-3,6H2,1H3,(H,23,25)/t17-/m1/s1. The molecule has 1 heterocycles. The summed E-state index contributed by atoms with van der Waals surface area (Å²) < 4.78 is 0.948. The molecule has 7 heteroatoms. The highest BCUT2D eigenvalue weighted by Crippen LogP contribution is 2.26. The van der Waals surface area contributed by atoms with E-state index in [4.69, 9.17) is 23.2 Å². The summed E-state index contributed by atoms with van der Waals surface area (Å²) in [4.78, 5) is 27.2. The van der Waals surface area contributed by atoms with Crippen LogP contribution in [-0.4, -0.2) is 29.3 Å². The van der Waals surface area contributed by atoms with Crippen molar-refractivity contribution in [2.24, 2.45) is 0 Å². The predicted molar refractivity (Wildman–Crippen MR) is 108 cm³/mol. The van der Waals surface area contributed by atoms with Gasteiger partial charge in [-0.2, -0.15) is 0 Å². The Balaban J connectivity index is 1.78. The summed E-state index contributed by atoms with van der Waals surface area (Å²) in [5.41, 5.74) is 2.08. The van der Waals surface area contributed by atoms with E-state index in [2.05, 4.69) is 21.2 Å². The molecule has 1 aliphatic heterocycles. The molecule has 1 atom stereocenters. The highest BCUT2D eigenvalue weighted by molar-refractivity contribution is 9.10. The van der Waals surface area contributed by atoms with Crippen LogP contribution in [0.2, 0.25) is 10.0 Å². The molecule has 1 fully saturated rings. The minimum atomic E-state index is -0.511. The van der Waals surface area contributed by atoms with E-state index in [0.29, 0.717) is 28.6 Å². The first-order valence-corrected chi connectivity index (χ1v) is 9.74. The van der Waals surface area contributed by atoms with Crippen molar-refractivity contribution >= 4 is 56.6 Å². The third-order valence-corrected chi connectivity index (χ3v) is 5.30. The molecule has 0 bridgehead atoms. The Bertz CT molecular complexity index is 852. The Kier molecular flexibility index (Phi) is 5.90. The largest absolute Gasteiger partial charge is 0.327 e. The van der Waals surface area contributed by atoms with Crippen molar-refractivity contribution in [2.45, 2.75) is 25.8 Å². The average Bonchev–Trinajstić information content (AvgIpc) is 3.05. The molecule has 2 aromatic rings. The molecule has 0 radical (unpaired) electrons. The molecular weight excluding hydrogens is 439 g/mol. The SMILES string of the molecule is Cc1cc(Br)ccc1NC(=O)[C@H]1CCCN1C(=O)c1cc(Cl)cc(Cl)c1. The second-order valence-corrected chi connectivity index (χ2v) is 8.05. The lowest BCUT2D eigenvalue weighted by Crippen LogP contribution is -2.43. The van der Waals surface area contributed by atoms with E-state index in [1.165, 1.54) is 0 Å². The van der Waals surface area contributed by atoms with Crippen LogP contribution in [0, 0.1) is 6.92 Å². The Hall–Kier alpha value is -1.56. The van der Waals surface area contributed by atoms with E-state index < -0.39 is 6.04 Å². The Morgan fingerprint density at radius 3 is 2.50 bits per heavy atom. The summed E-state index contributed by atoms with van der Waals surface area (Å²) in [6.07, 6.45) is 1.40. The molecule has 1 aliphatic rings. The maximum atomic E-state index is 12.9. The molecule has 1 N–H and O–H groups in total. The van der Waals surface area contributed by atoms with E-state index in [-0.39, 0.29) is 11.8 Å². The molecule has 26 heavy (non-hydrogen) atoms. The van der Waals surface area contributed by atoms with Crippen LogP contribution in [-0.2, 0) is 4.79 Å². The fourth-order valence-corrected chi connectivity index (χ4v) is 4.11. The molecule has 2 amide bonds. The third-order valence-electron chi connectivity index (χ3n) is 4.37. The third kappa shape index (κ3) is 4.22. The number of halogens is 3. The molecule has 4 nitrogen and oxygen atoms in total. The minimum Gasteiger partial charge on any atom is -0.327 e. The van der Waals surface area contributed by atoms with Crippen LogP contribution >= 0.6 is 39.1 Å². The summed E-state index contributed by atoms with van der Waals surface area (Å²) in [7, 11) is 0. The van der Waals surface area contributed by atoms with Crippen LogP contribution in [0.3, 0.4) is 0 Å². The maximum Gasteiger partial charge on any atom is 0.254 e. The van der Waals surface area contributed by atoms with Gasteiger partial charge in [0.1, 0.15) is 6.04 Å². The van der Waals surface area contributed by atoms with Crippen LogP contribution < -0.4 is 5.32 Å². The van der Waals surface area contributed by atoms with Crippen molar-refractivity contribution in [1.29, 1.82) is 0 Å². The van der Waals surface area contributed by atoms with E-state index in [9.17, 15) is 9.59 Å². The van der Waals surface area contributed by atoms with Gasteiger partial charge >= 0.3 is 0 Å². The van der Waals surface area contributed by atoms with Gasteiger partial charge < -0.3 is 10.2 Å². The zero-order chi connectivity index (χ0) is 18.8. The van der Waals surface area contributed by atoms with Crippen molar-refractivity contribution in [2.75, 3.05) is 11.9 Å². The number of carbonyl (C=O) groups is 2. The monoisotopic (exact) mass is 454 g/mol. The fraction of sp³-hybridized carbons (Fsp3) is 0.263.